The maximum atomic E-state index is 13.6. The quantitative estimate of drug-likeness (QED) is 0.357. The monoisotopic (exact) mass is 459 g/mol. The Bertz CT molecular complexity index is 1360. The van der Waals surface area contributed by atoms with Gasteiger partial charge in [-0.05, 0) is 62.7 Å². The maximum absolute atomic E-state index is 13.6. The molecule has 0 radical (unpaired) electrons. The molecule has 1 heterocycles. The van der Waals surface area contributed by atoms with Crippen LogP contribution < -0.4 is 5.56 Å². The van der Waals surface area contributed by atoms with Crippen LogP contribution in [0, 0.1) is 6.92 Å². The standard InChI is InChI=1S/C27H26ClN3O2/c1-4-24(30(5-2)26(32)19-15-13-18(3)14-16-19)25-29-23-12-7-6-11-22(23)27(33)31(25)21-10-8-9-20(28)17-21/h6-17,24H,4-5H2,1-3H3. The van der Waals surface area contributed by atoms with E-state index in [-0.39, 0.29) is 11.5 Å². The summed E-state index contributed by atoms with van der Waals surface area (Å²) in [5.74, 6) is 0.426. The van der Waals surface area contributed by atoms with Gasteiger partial charge in [0.2, 0.25) is 0 Å². The molecule has 1 atom stereocenters. The van der Waals surface area contributed by atoms with Gasteiger partial charge in [0, 0.05) is 17.1 Å². The molecule has 0 aliphatic heterocycles. The first-order valence-corrected chi connectivity index (χ1v) is 11.5. The van der Waals surface area contributed by atoms with E-state index in [1.807, 2.05) is 69.3 Å². The highest BCUT2D eigenvalue weighted by Gasteiger charge is 2.28. The average Bonchev–Trinajstić information content (AvgIpc) is 2.82. The van der Waals surface area contributed by atoms with Crippen molar-refractivity contribution in [2.24, 2.45) is 0 Å². The lowest BCUT2D eigenvalue weighted by atomic mass is 10.1. The van der Waals surface area contributed by atoms with E-state index in [4.69, 9.17) is 16.6 Å². The molecular weight excluding hydrogens is 434 g/mol. The number of hydrogen-bond acceptors (Lipinski definition) is 3. The van der Waals surface area contributed by atoms with Crippen LogP contribution >= 0.6 is 11.6 Å². The van der Waals surface area contributed by atoms with Gasteiger partial charge in [0.1, 0.15) is 5.82 Å². The van der Waals surface area contributed by atoms with Crippen LogP contribution in [-0.4, -0.2) is 26.9 Å². The highest BCUT2D eigenvalue weighted by Crippen LogP contribution is 2.28. The number of carbonyl (C=O) groups excluding carboxylic acids is 1. The molecule has 0 spiro atoms. The minimum Gasteiger partial charge on any atom is -0.329 e. The second-order valence-electron chi connectivity index (χ2n) is 7.99. The Morgan fingerprint density at radius 3 is 2.42 bits per heavy atom. The van der Waals surface area contributed by atoms with Gasteiger partial charge in [-0.25, -0.2) is 4.98 Å². The number of benzene rings is 3. The Labute approximate surface area is 198 Å². The molecule has 0 saturated carbocycles. The Balaban J connectivity index is 1.93. The van der Waals surface area contributed by atoms with Crippen LogP contribution in [-0.2, 0) is 0 Å². The average molecular weight is 460 g/mol. The molecule has 0 aliphatic rings. The third kappa shape index (κ3) is 4.41. The topological polar surface area (TPSA) is 55.2 Å². The Hall–Kier alpha value is -3.44. The summed E-state index contributed by atoms with van der Waals surface area (Å²) in [5.41, 5.74) is 2.74. The molecule has 1 aromatic heterocycles. The summed E-state index contributed by atoms with van der Waals surface area (Å²) in [5, 5.41) is 1.04. The van der Waals surface area contributed by atoms with E-state index in [0.29, 0.717) is 46.0 Å². The number of para-hydroxylation sites is 1. The second kappa shape index (κ2) is 9.59. The lowest BCUT2D eigenvalue weighted by molar-refractivity contribution is 0.0672. The molecule has 5 nitrogen and oxygen atoms in total. The maximum Gasteiger partial charge on any atom is 0.266 e. The predicted octanol–water partition coefficient (Wildman–Crippen LogP) is 5.96. The number of aryl methyl sites for hydroxylation is 1. The zero-order valence-corrected chi connectivity index (χ0v) is 19.7. The van der Waals surface area contributed by atoms with Crippen molar-refractivity contribution >= 4 is 28.4 Å². The molecule has 4 rings (SSSR count). The number of hydrogen-bond donors (Lipinski definition) is 0. The van der Waals surface area contributed by atoms with Gasteiger partial charge < -0.3 is 4.90 Å². The first-order valence-electron chi connectivity index (χ1n) is 11.1. The lowest BCUT2D eigenvalue weighted by Crippen LogP contribution is -2.38. The lowest BCUT2D eigenvalue weighted by Gasteiger charge is -2.31. The number of amides is 1. The summed E-state index contributed by atoms with van der Waals surface area (Å²) < 4.78 is 1.59. The smallest absolute Gasteiger partial charge is 0.266 e. The third-order valence-electron chi connectivity index (χ3n) is 5.83. The third-order valence-corrected chi connectivity index (χ3v) is 6.06. The zero-order chi connectivity index (χ0) is 23.5. The van der Waals surface area contributed by atoms with Gasteiger partial charge >= 0.3 is 0 Å². The SMILES string of the molecule is CCC(c1nc2ccccc2c(=O)n1-c1cccc(Cl)c1)N(CC)C(=O)c1ccc(C)cc1. The van der Waals surface area contributed by atoms with Crippen LogP contribution in [0.5, 0.6) is 0 Å². The fraction of sp³-hybridized carbons (Fsp3) is 0.222. The van der Waals surface area contributed by atoms with E-state index in [9.17, 15) is 9.59 Å². The van der Waals surface area contributed by atoms with Crippen molar-refractivity contribution in [3.63, 3.8) is 0 Å². The molecule has 4 aromatic rings. The highest BCUT2D eigenvalue weighted by atomic mass is 35.5. The number of aromatic nitrogens is 2. The number of halogens is 1. The van der Waals surface area contributed by atoms with Crippen LogP contribution in [0.25, 0.3) is 16.6 Å². The molecular formula is C27H26ClN3O2. The van der Waals surface area contributed by atoms with Crippen molar-refractivity contribution in [2.45, 2.75) is 33.2 Å². The van der Waals surface area contributed by atoms with Crippen LogP contribution in [0.3, 0.4) is 0 Å². The van der Waals surface area contributed by atoms with Gasteiger partial charge in [-0.1, -0.05) is 54.4 Å². The summed E-state index contributed by atoms with van der Waals surface area (Å²) in [6.07, 6.45) is 0.594. The first-order chi connectivity index (χ1) is 15.9. The first kappa shape index (κ1) is 22.7. The summed E-state index contributed by atoms with van der Waals surface area (Å²) in [4.78, 5) is 33.8. The molecule has 0 bridgehead atoms. The van der Waals surface area contributed by atoms with Crippen molar-refractivity contribution < 1.29 is 4.79 Å². The summed E-state index contributed by atoms with van der Waals surface area (Å²) in [6, 6.07) is 21.6. The minimum absolute atomic E-state index is 0.0931. The number of carbonyl (C=O) groups is 1. The van der Waals surface area contributed by atoms with Crippen molar-refractivity contribution in [3.8, 4) is 5.69 Å². The van der Waals surface area contributed by atoms with Gasteiger partial charge in [-0.2, -0.15) is 0 Å². The molecule has 6 heteroatoms. The van der Waals surface area contributed by atoms with Crippen molar-refractivity contribution in [3.05, 3.63) is 105 Å². The molecule has 1 amide bonds. The van der Waals surface area contributed by atoms with E-state index in [2.05, 4.69) is 0 Å². The van der Waals surface area contributed by atoms with Crippen LogP contribution in [0.1, 0.15) is 48.1 Å². The number of rotatable bonds is 6. The van der Waals surface area contributed by atoms with E-state index in [1.165, 1.54) is 0 Å². The number of fused-ring (bicyclic) bond motifs is 1. The Morgan fingerprint density at radius 1 is 1.03 bits per heavy atom. The molecule has 1 unspecified atom stereocenters. The van der Waals surface area contributed by atoms with Crippen molar-refractivity contribution in [1.82, 2.24) is 14.5 Å². The van der Waals surface area contributed by atoms with Gasteiger partial charge in [0.05, 0.1) is 22.6 Å². The summed E-state index contributed by atoms with van der Waals surface area (Å²) in [7, 11) is 0. The fourth-order valence-electron chi connectivity index (χ4n) is 4.15. The molecule has 33 heavy (non-hydrogen) atoms. The van der Waals surface area contributed by atoms with Crippen molar-refractivity contribution in [2.75, 3.05) is 6.54 Å². The normalized spacial score (nSPS) is 12.0. The van der Waals surface area contributed by atoms with Gasteiger partial charge in [-0.15, -0.1) is 0 Å². The largest absolute Gasteiger partial charge is 0.329 e. The van der Waals surface area contributed by atoms with E-state index in [0.717, 1.165) is 5.56 Å². The minimum atomic E-state index is -0.403. The van der Waals surface area contributed by atoms with E-state index >= 15 is 0 Å². The fourth-order valence-corrected chi connectivity index (χ4v) is 4.33. The Kier molecular flexibility index (Phi) is 6.61. The molecule has 168 valence electrons. The Morgan fingerprint density at radius 2 is 1.76 bits per heavy atom. The molecule has 0 saturated heterocycles. The van der Waals surface area contributed by atoms with Gasteiger partial charge in [-0.3, -0.25) is 14.2 Å². The predicted molar refractivity (Wildman–Crippen MR) is 133 cm³/mol. The van der Waals surface area contributed by atoms with Crippen LogP contribution in [0.4, 0.5) is 0 Å². The molecule has 3 aromatic carbocycles. The second-order valence-corrected chi connectivity index (χ2v) is 8.43. The zero-order valence-electron chi connectivity index (χ0n) is 19.0. The van der Waals surface area contributed by atoms with Crippen molar-refractivity contribution in [1.29, 1.82) is 0 Å². The summed E-state index contributed by atoms with van der Waals surface area (Å²) >= 11 is 6.26. The van der Waals surface area contributed by atoms with Crippen LogP contribution in [0.2, 0.25) is 5.02 Å². The van der Waals surface area contributed by atoms with Crippen LogP contribution in [0.15, 0.2) is 77.6 Å². The van der Waals surface area contributed by atoms with E-state index in [1.54, 1.807) is 33.7 Å². The van der Waals surface area contributed by atoms with Gasteiger partial charge in [0.25, 0.3) is 11.5 Å². The molecule has 0 N–H and O–H groups in total. The van der Waals surface area contributed by atoms with E-state index < -0.39 is 6.04 Å². The molecule has 0 aliphatic carbocycles. The summed E-state index contributed by atoms with van der Waals surface area (Å²) in [6.45, 7) is 6.41. The number of nitrogens with zero attached hydrogens (tertiary/aromatic N) is 3. The highest BCUT2D eigenvalue weighted by molar-refractivity contribution is 6.30. The molecule has 0 fully saturated rings. The van der Waals surface area contributed by atoms with Gasteiger partial charge in [0.15, 0.2) is 0 Å².